The van der Waals surface area contributed by atoms with Crippen LogP contribution in [0.5, 0.6) is 0 Å². The number of nitrogens with zero attached hydrogens (tertiary/aromatic N) is 2. The Bertz CT molecular complexity index is 1610. The standard InChI is InChI=1S/C41H45N3O/c1-27-12-5-6-15-30(27)36(42)25-37(28-13-3-2-4-14-28)43-26-44-38-20-9-7-16-32(38)35-24-29(22-23-39(35)44)31-18-11-19-34-33-17-8-10-21-40(33)45-41(31)34/h2-6,8-11,13-15,17-18,20-23,25,27,29,31-34,38,40-41H,7,12,16,19,24,26,42H2,1H3/t27-,29?,31?,32?,33?,34?,38?,40?,41?/m1/s1. The van der Waals surface area contributed by atoms with Crippen molar-refractivity contribution in [2.45, 2.75) is 57.3 Å². The molecule has 1 fully saturated rings. The number of allylic oxidation sites excluding steroid dienone is 11. The zero-order valence-electron chi connectivity index (χ0n) is 26.3. The molecule has 0 spiro atoms. The van der Waals surface area contributed by atoms with Crippen LogP contribution in [-0.4, -0.2) is 35.5 Å². The van der Waals surface area contributed by atoms with Gasteiger partial charge in [-0.1, -0.05) is 110 Å². The molecule has 0 aromatic heterocycles. The molecule has 8 unspecified atom stereocenters. The van der Waals surface area contributed by atoms with Gasteiger partial charge >= 0.3 is 0 Å². The predicted molar refractivity (Wildman–Crippen MR) is 184 cm³/mol. The third kappa shape index (κ3) is 5.27. The van der Waals surface area contributed by atoms with Crippen molar-refractivity contribution in [2.75, 3.05) is 6.67 Å². The van der Waals surface area contributed by atoms with Crippen molar-refractivity contribution in [3.05, 3.63) is 143 Å². The Labute approximate surface area is 268 Å². The molecule has 9 atom stereocenters. The molecule has 8 rings (SSSR count). The normalized spacial score (nSPS) is 36.6. The van der Waals surface area contributed by atoms with Crippen LogP contribution < -0.4 is 5.73 Å². The topological polar surface area (TPSA) is 50.8 Å². The molecular weight excluding hydrogens is 550 g/mol. The van der Waals surface area contributed by atoms with Crippen LogP contribution in [0.25, 0.3) is 0 Å². The van der Waals surface area contributed by atoms with Gasteiger partial charge < -0.3 is 15.4 Å². The summed E-state index contributed by atoms with van der Waals surface area (Å²) in [4.78, 5) is 7.86. The lowest BCUT2D eigenvalue weighted by Gasteiger charge is -2.36. The first-order valence-electron chi connectivity index (χ1n) is 17.1. The lowest BCUT2D eigenvalue weighted by atomic mass is 9.69. The number of rotatable bonds is 6. The second-order valence-corrected chi connectivity index (χ2v) is 13.9. The van der Waals surface area contributed by atoms with E-state index < -0.39 is 0 Å². The van der Waals surface area contributed by atoms with Crippen molar-refractivity contribution in [1.82, 2.24) is 4.90 Å². The Morgan fingerprint density at radius 1 is 0.978 bits per heavy atom. The number of benzene rings is 1. The van der Waals surface area contributed by atoms with Crippen molar-refractivity contribution in [3.8, 4) is 0 Å². The molecule has 2 aliphatic heterocycles. The van der Waals surface area contributed by atoms with E-state index in [0.717, 1.165) is 42.7 Å². The molecule has 4 heteroatoms. The zero-order chi connectivity index (χ0) is 30.3. The van der Waals surface area contributed by atoms with Crippen molar-refractivity contribution >= 4 is 5.71 Å². The number of aliphatic imine (C=N–C) groups is 1. The van der Waals surface area contributed by atoms with E-state index in [0.29, 0.717) is 54.3 Å². The first-order chi connectivity index (χ1) is 22.2. The van der Waals surface area contributed by atoms with Gasteiger partial charge in [-0.2, -0.15) is 0 Å². The molecule has 2 N–H and O–H groups in total. The molecular formula is C41H45N3O. The van der Waals surface area contributed by atoms with Crippen LogP contribution in [0.2, 0.25) is 0 Å². The second-order valence-electron chi connectivity index (χ2n) is 13.9. The molecule has 45 heavy (non-hydrogen) atoms. The maximum Gasteiger partial charge on any atom is 0.111 e. The van der Waals surface area contributed by atoms with E-state index in [2.05, 4.69) is 127 Å². The largest absolute Gasteiger partial charge is 0.398 e. The molecule has 0 radical (unpaired) electrons. The third-order valence-electron chi connectivity index (χ3n) is 11.3. The van der Waals surface area contributed by atoms with Crippen molar-refractivity contribution < 1.29 is 4.74 Å². The van der Waals surface area contributed by atoms with E-state index in [1.165, 1.54) is 17.7 Å². The summed E-state index contributed by atoms with van der Waals surface area (Å²) >= 11 is 0. The minimum atomic E-state index is 0.235. The quantitative estimate of drug-likeness (QED) is 0.268. The van der Waals surface area contributed by atoms with Gasteiger partial charge in [-0.05, 0) is 78.7 Å². The average molecular weight is 596 g/mol. The van der Waals surface area contributed by atoms with E-state index in [1.807, 2.05) is 0 Å². The molecule has 0 saturated carbocycles. The highest BCUT2D eigenvalue weighted by Crippen LogP contribution is 2.51. The number of nitrogens with two attached hydrogens (primary N) is 1. The predicted octanol–water partition coefficient (Wildman–Crippen LogP) is 7.98. The summed E-state index contributed by atoms with van der Waals surface area (Å²) in [6, 6.07) is 10.9. The highest BCUT2D eigenvalue weighted by atomic mass is 16.5. The SMILES string of the molecule is C[C@@H]1CC=CC=C1C(N)=CC(=NCN1C2=C(CC(C3C=CCC4C5C=CC=CC5OC34)C=C2)C2CCC=CC21)c1ccccc1. The van der Waals surface area contributed by atoms with Gasteiger partial charge in [-0.3, -0.25) is 4.99 Å². The summed E-state index contributed by atoms with van der Waals surface area (Å²) in [6.07, 6.45) is 38.4. The lowest BCUT2D eigenvalue weighted by molar-refractivity contribution is 0.0134. The molecule has 0 amide bonds. The Kier molecular flexibility index (Phi) is 7.70. The molecule has 1 aromatic carbocycles. The molecule has 7 aliphatic rings. The van der Waals surface area contributed by atoms with E-state index in [9.17, 15) is 0 Å². The number of ether oxygens (including phenoxy) is 1. The fourth-order valence-corrected chi connectivity index (χ4v) is 9.01. The third-order valence-corrected chi connectivity index (χ3v) is 11.3. The Morgan fingerprint density at radius 2 is 1.87 bits per heavy atom. The molecule has 230 valence electrons. The Hall–Kier alpha value is -3.89. The fourth-order valence-electron chi connectivity index (χ4n) is 9.01. The maximum absolute atomic E-state index is 6.76. The molecule has 0 bridgehead atoms. The van der Waals surface area contributed by atoms with Crippen LogP contribution in [0.3, 0.4) is 0 Å². The van der Waals surface area contributed by atoms with Gasteiger partial charge in [-0.15, -0.1) is 0 Å². The van der Waals surface area contributed by atoms with Crippen molar-refractivity contribution in [3.63, 3.8) is 0 Å². The van der Waals surface area contributed by atoms with E-state index in [-0.39, 0.29) is 6.10 Å². The second kappa shape index (κ2) is 12.1. The van der Waals surface area contributed by atoms with E-state index in [1.54, 1.807) is 5.57 Å². The van der Waals surface area contributed by atoms with Gasteiger partial charge in [0.05, 0.1) is 24.0 Å². The molecule has 1 saturated heterocycles. The van der Waals surface area contributed by atoms with Gasteiger partial charge in [0.2, 0.25) is 0 Å². The van der Waals surface area contributed by atoms with Crippen molar-refractivity contribution in [1.29, 1.82) is 0 Å². The highest BCUT2D eigenvalue weighted by molar-refractivity contribution is 6.09. The van der Waals surface area contributed by atoms with Crippen LogP contribution in [0, 0.1) is 35.5 Å². The van der Waals surface area contributed by atoms with Crippen LogP contribution in [-0.2, 0) is 4.74 Å². The number of hydrogen-bond donors (Lipinski definition) is 1. The Balaban J connectivity index is 1.07. The summed E-state index contributed by atoms with van der Waals surface area (Å²) < 4.78 is 6.76. The molecule has 2 heterocycles. The van der Waals surface area contributed by atoms with Gasteiger partial charge in [-0.25, -0.2) is 0 Å². The van der Waals surface area contributed by atoms with Crippen LogP contribution >= 0.6 is 0 Å². The van der Waals surface area contributed by atoms with Gasteiger partial charge in [0, 0.05) is 29.1 Å². The summed E-state index contributed by atoms with van der Waals surface area (Å²) in [7, 11) is 0. The fraction of sp³-hybridized carbons (Fsp3) is 0.390. The summed E-state index contributed by atoms with van der Waals surface area (Å²) in [6.45, 7) is 2.86. The number of fused-ring (bicyclic) bond motifs is 5. The lowest BCUT2D eigenvalue weighted by Crippen LogP contribution is -2.35. The van der Waals surface area contributed by atoms with Crippen LogP contribution in [0.1, 0.15) is 44.6 Å². The van der Waals surface area contributed by atoms with Crippen LogP contribution in [0.15, 0.2) is 143 Å². The Morgan fingerprint density at radius 3 is 2.76 bits per heavy atom. The first kappa shape index (κ1) is 28.6. The molecule has 5 aliphatic carbocycles. The van der Waals surface area contributed by atoms with E-state index in [4.69, 9.17) is 15.5 Å². The van der Waals surface area contributed by atoms with E-state index >= 15 is 0 Å². The van der Waals surface area contributed by atoms with Crippen molar-refractivity contribution in [2.24, 2.45) is 46.2 Å². The summed E-state index contributed by atoms with van der Waals surface area (Å²) in [5.74, 6) is 2.95. The number of hydrogen-bond acceptors (Lipinski definition) is 4. The highest BCUT2D eigenvalue weighted by Gasteiger charge is 2.49. The summed E-state index contributed by atoms with van der Waals surface area (Å²) in [5, 5.41) is 0. The monoisotopic (exact) mass is 595 g/mol. The smallest absolute Gasteiger partial charge is 0.111 e. The zero-order valence-corrected chi connectivity index (χ0v) is 26.3. The molecule has 4 nitrogen and oxygen atoms in total. The summed E-state index contributed by atoms with van der Waals surface area (Å²) in [5.41, 5.74) is 13.8. The average Bonchev–Trinajstić information content (AvgIpc) is 3.62. The van der Waals surface area contributed by atoms with Gasteiger partial charge in [0.25, 0.3) is 0 Å². The minimum absolute atomic E-state index is 0.235. The van der Waals surface area contributed by atoms with Gasteiger partial charge in [0.15, 0.2) is 0 Å². The van der Waals surface area contributed by atoms with Crippen LogP contribution in [0.4, 0.5) is 0 Å². The molecule has 1 aromatic rings. The maximum atomic E-state index is 6.76. The van der Waals surface area contributed by atoms with Gasteiger partial charge in [0.1, 0.15) is 6.67 Å². The first-order valence-corrected chi connectivity index (χ1v) is 17.1. The minimum Gasteiger partial charge on any atom is -0.398 e.